The molecule has 35 heavy (non-hydrogen) atoms. The average molecular weight is 583 g/mol. The predicted molar refractivity (Wildman–Crippen MR) is 143 cm³/mol. The Hall–Kier alpha value is -1.71. The summed E-state index contributed by atoms with van der Waals surface area (Å²) < 4.78 is 26.1. The van der Waals surface area contributed by atoms with E-state index in [4.69, 9.17) is 46.4 Å². The number of anilines is 1. The molecule has 0 aliphatic rings. The van der Waals surface area contributed by atoms with E-state index in [2.05, 4.69) is 5.32 Å². The molecule has 192 valence electrons. The average Bonchev–Trinajstić information content (AvgIpc) is 2.69. The van der Waals surface area contributed by atoms with Crippen LogP contribution < -0.4 is 9.62 Å². The normalized spacial score (nSPS) is 12.7. The van der Waals surface area contributed by atoms with Gasteiger partial charge in [0.1, 0.15) is 12.6 Å². The van der Waals surface area contributed by atoms with Gasteiger partial charge in [0.15, 0.2) is 0 Å². The maximum Gasteiger partial charge on any atom is 0.244 e. The summed E-state index contributed by atoms with van der Waals surface area (Å²) >= 11 is 24.8. The van der Waals surface area contributed by atoms with Crippen molar-refractivity contribution >= 4 is 73.9 Å². The Morgan fingerprint density at radius 1 is 1.00 bits per heavy atom. The van der Waals surface area contributed by atoms with Crippen LogP contribution in [0.25, 0.3) is 0 Å². The van der Waals surface area contributed by atoms with Crippen molar-refractivity contribution in [3.63, 3.8) is 0 Å². The molecule has 0 saturated heterocycles. The second-order valence-corrected chi connectivity index (χ2v) is 12.6. The lowest BCUT2D eigenvalue weighted by molar-refractivity contribution is -0.140. The predicted octanol–water partition coefficient (Wildman–Crippen LogP) is 5.40. The third-order valence-corrected chi connectivity index (χ3v) is 7.29. The maximum atomic E-state index is 13.6. The molecule has 0 radical (unpaired) electrons. The molecular weight excluding hydrogens is 556 g/mol. The Labute approximate surface area is 226 Å². The number of nitrogens with zero attached hydrogens (tertiary/aromatic N) is 2. The van der Waals surface area contributed by atoms with E-state index in [0.717, 1.165) is 10.6 Å². The zero-order chi connectivity index (χ0) is 26.7. The Kier molecular flexibility index (Phi) is 9.75. The molecule has 2 aromatic rings. The number of nitrogens with one attached hydrogen (secondary N) is 1. The first-order chi connectivity index (χ1) is 16.0. The fourth-order valence-electron chi connectivity index (χ4n) is 3.19. The fourth-order valence-corrected chi connectivity index (χ4v) is 5.13. The summed E-state index contributed by atoms with van der Waals surface area (Å²) in [6.07, 6.45) is 0.955. The van der Waals surface area contributed by atoms with Gasteiger partial charge in [0.25, 0.3) is 0 Å². The molecule has 0 aliphatic heterocycles. The van der Waals surface area contributed by atoms with Gasteiger partial charge in [-0.3, -0.25) is 13.9 Å². The van der Waals surface area contributed by atoms with Crippen molar-refractivity contribution in [2.75, 3.05) is 17.1 Å². The van der Waals surface area contributed by atoms with Crippen molar-refractivity contribution in [2.24, 2.45) is 0 Å². The maximum absolute atomic E-state index is 13.6. The molecule has 0 bridgehead atoms. The van der Waals surface area contributed by atoms with Crippen LogP contribution in [0.4, 0.5) is 5.69 Å². The van der Waals surface area contributed by atoms with Gasteiger partial charge in [-0.15, -0.1) is 0 Å². The molecule has 7 nitrogen and oxygen atoms in total. The molecule has 1 atom stereocenters. The van der Waals surface area contributed by atoms with Crippen LogP contribution in [0.1, 0.15) is 33.3 Å². The van der Waals surface area contributed by atoms with Crippen molar-refractivity contribution in [2.45, 2.75) is 45.8 Å². The smallest absolute Gasteiger partial charge is 0.244 e. The first-order valence-corrected chi connectivity index (χ1v) is 13.8. The number of benzene rings is 2. The van der Waals surface area contributed by atoms with Gasteiger partial charge in [-0.05, 0) is 58.0 Å². The molecular formula is C23H27Cl4N3O4S. The third kappa shape index (κ3) is 8.15. The highest BCUT2D eigenvalue weighted by Gasteiger charge is 2.32. The van der Waals surface area contributed by atoms with Gasteiger partial charge in [-0.2, -0.15) is 0 Å². The van der Waals surface area contributed by atoms with Gasteiger partial charge >= 0.3 is 0 Å². The molecule has 2 amide bonds. The van der Waals surface area contributed by atoms with Gasteiger partial charge in [0, 0.05) is 32.7 Å². The zero-order valence-electron chi connectivity index (χ0n) is 19.9. The van der Waals surface area contributed by atoms with E-state index < -0.39 is 40.0 Å². The Morgan fingerprint density at radius 3 is 2.06 bits per heavy atom. The molecule has 0 fully saturated rings. The summed E-state index contributed by atoms with van der Waals surface area (Å²) in [5.74, 6) is -1.08. The van der Waals surface area contributed by atoms with Crippen LogP contribution in [0.2, 0.25) is 20.1 Å². The van der Waals surface area contributed by atoms with Gasteiger partial charge < -0.3 is 10.2 Å². The third-order valence-electron chi connectivity index (χ3n) is 4.91. The molecule has 0 heterocycles. The number of halogens is 4. The van der Waals surface area contributed by atoms with Gasteiger partial charge in [-0.25, -0.2) is 8.42 Å². The van der Waals surface area contributed by atoms with E-state index >= 15 is 0 Å². The lowest BCUT2D eigenvalue weighted by Gasteiger charge is -2.33. The molecule has 0 saturated carbocycles. The summed E-state index contributed by atoms with van der Waals surface area (Å²) in [4.78, 5) is 27.8. The highest BCUT2D eigenvalue weighted by molar-refractivity contribution is 7.92. The second kappa shape index (κ2) is 11.6. The standard InChI is InChI=1S/C23H27Cl4N3O4S/c1-14(22(32)28-23(2,3)4)29(12-16-17(25)7-6-8-18(16)26)21(31)13-30(35(5,33)34)20-10-9-15(24)11-19(20)27/h6-11,14H,12-13H2,1-5H3,(H,28,32)/t14-/m1/s1. The van der Waals surface area contributed by atoms with Crippen molar-refractivity contribution in [3.8, 4) is 0 Å². The lowest BCUT2D eigenvalue weighted by atomic mass is 10.1. The summed E-state index contributed by atoms with van der Waals surface area (Å²) in [5, 5.41) is 3.80. The highest BCUT2D eigenvalue weighted by Crippen LogP contribution is 2.31. The number of amides is 2. The minimum absolute atomic E-state index is 0.0509. The molecule has 1 N–H and O–H groups in total. The molecule has 0 aromatic heterocycles. The summed E-state index contributed by atoms with van der Waals surface area (Å²) in [7, 11) is -3.94. The van der Waals surface area contributed by atoms with Crippen LogP contribution in [-0.2, 0) is 26.2 Å². The van der Waals surface area contributed by atoms with Gasteiger partial charge in [-0.1, -0.05) is 52.5 Å². The molecule has 2 rings (SSSR count). The highest BCUT2D eigenvalue weighted by atomic mass is 35.5. The van der Waals surface area contributed by atoms with Crippen LogP contribution >= 0.6 is 46.4 Å². The van der Waals surface area contributed by atoms with E-state index in [1.165, 1.54) is 23.1 Å². The van der Waals surface area contributed by atoms with Crippen LogP contribution in [0.5, 0.6) is 0 Å². The minimum Gasteiger partial charge on any atom is -0.350 e. The number of carbonyl (C=O) groups is 2. The number of hydrogen-bond acceptors (Lipinski definition) is 4. The summed E-state index contributed by atoms with van der Waals surface area (Å²) in [6.45, 7) is 6.23. The Bertz CT molecular complexity index is 1200. The van der Waals surface area contributed by atoms with Crippen molar-refractivity contribution in [3.05, 3.63) is 62.1 Å². The topological polar surface area (TPSA) is 86.8 Å². The van der Waals surface area contributed by atoms with E-state index in [-0.39, 0.29) is 17.3 Å². The fraction of sp³-hybridized carbons (Fsp3) is 0.391. The summed E-state index contributed by atoms with van der Waals surface area (Å²) in [6, 6.07) is 8.15. The number of carbonyl (C=O) groups excluding carboxylic acids is 2. The summed E-state index contributed by atoms with van der Waals surface area (Å²) in [5.41, 5.74) is -0.0537. The number of hydrogen-bond donors (Lipinski definition) is 1. The first-order valence-electron chi connectivity index (χ1n) is 10.5. The van der Waals surface area contributed by atoms with Crippen LogP contribution in [-0.4, -0.2) is 49.5 Å². The first kappa shape index (κ1) is 29.5. The molecule has 0 spiro atoms. The zero-order valence-corrected chi connectivity index (χ0v) is 23.7. The van der Waals surface area contributed by atoms with Crippen LogP contribution in [0.15, 0.2) is 36.4 Å². The molecule has 12 heteroatoms. The van der Waals surface area contributed by atoms with Crippen molar-refractivity contribution in [1.82, 2.24) is 10.2 Å². The van der Waals surface area contributed by atoms with E-state index in [9.17, 15) is 18.0 Å². The van der Waals surface area contributed by atoms with Crippen LogP contribution in [0.3, 0.4) is 0 Å². The number of rotatable bonds is 8. The van der Waals surface area contributed by atoms with Crippen LogP contribution in [0, 0.1) is 0 Å². The minimum atomic E-state index is -3.94. The SMILES string of the molecule is C[C@H](C(=O)NC(C)(C)C)N(Cc1c(Cl)cccc1Cl)C(=O)CN(c1ccc(Cl)cc1Cl)S(C)(=O)=O. The Balaban J connectivity index is 2.50. The second-order valence-electron chi connectivity index (χ2n) is 9.00. The van der Waals surface area contributed by atoms with Gasteiger partial charge in [0.05, 0.1) is 17.0 Å². The van der Waals surface area contributed by atoms with Crippen molar-refractivity contribution in [1.29, 1.82) is 0 Å². The Morgan fingerprint density at radius 2 is 1.57 bits per heavy atom. The van der Waals surface area contributed by atoms with E-state index in [1.807, 2.05) is 20.8 Å². The lowest BCUT2D eigenvalue weighted by Crippen LogP contribution is -2.54. The van der Waals surface area contributed by atoms with Crippen molar-refractivity contribution < 1.29 is 18.0 Å². The van der Waals surface area contributed by atoms with E-state index in [1.54, 1.807) is 25.1 Å². The monoisotopic (exact) mass is 581 g/mol. The largest absolute Gasteiger partial charge is 0.350 e. The molecule has 0 aliphatic carbocycles. The molecule has 0 unspecified atom stereocenters. The quantitative estimate of drug-likeness (QED) is 0.451. The number of sulfonamides is 1. The van der Waals surface area contributed by atoms with Gasteiger partial charge in [0.2, 0.25) is 21.8 Å². The van der Waals surface area contributed by atoms with E-state index in [0.29, 0.717) is 20.6 Å². The molecule has 2 aromatic carbocycles.